The summed E-state index contributed by atoms with van der Waals surface area (Å²) in [6, 6.07) is 13.1. The standard InChI is InChI=1S/C23H21ClN4O3S/c1-12-7-8-17(13(2)9-12)25-21(30)15-10-18(29)26-20-19(15)22(31)28-23(27-20)32-11-14-5-3-4-6-16(14)24/h3-9,15H,10-11H2,1-2H3,(H,25,30)(H2,26,27,28,29,31)/t15-/m1/s1. The molecule has 0 aliphatic carbocycles. The molecule has 0 saturated heterocycles. The highest BCUT2D eigenvalue weighted by atomic mass is 35.5. The van der Waals surface area contributed by atoms with E-state index >= 15 is 0 Å². The van der Waals surface area contributed by atoms with Gasteiger partial charge in [-0.15, -0.1) is 0 Å². The molecule has 1 atom stereocenters. The summed E-state index contributed by atoms with van der Waals surface area (Å²) in [6.45, 7) is 3.86. The Morgan fingerprint density at radius 3 is 2.75 bits per heavy atom. The summed E-state index contributed by atoms with van der Waals surface area (Å²) in [4.78, 5) is 45.3. The van der Waals surface area contributed by atoms with Crippen LogP contribution in [0.3, 0.4) is 0 Å². The van der Waals surface area contributed by atoms with Crippen LogP contribution in [0.4, 0.5) is 11.5 Å². The third-order valence-electron chi connectivity index (χ3n) is 5.21. The van der Waals surface area contributed by atoms with Gasteiger partial charge in [0.05, 0.1) is 11.5 Å². The molecule has 0 saturated carbocycles. The van der Waals surface area contributed by atoms with Crippen LogP contribution in [-0.2, 0) is 15.3 Å². The van der Waals surface area contributed by atoms with Gasteiger partial charge in [-0.3, -0.25) is 14.4 Å². The largest absolute Gasteiger partial charge is 0.325 e. The number of halogens is 1. The van der Waals surface area contributed by atoms with Gasteiger partial charge in [-0.05, 0) is 37.1 Å². The zero-order valence-corrected chi connectivity index (χ0v) is 19.1. The molecule has 0 fully saturated rings. The van der Waals surface area contributed by atoms with Crippen LogP contribution in [0.15, 0.2) is 52.4 Å². The maximum absolute atomic E-state index is 13.0. The van der Waals surface area contributed by atoms with Crippen LogP contribution in [0, 0.1) is 13.8 Å². The molecule has 2 amide bonds. The lowest BCUT2D eigenvalue weighted by Crippen LogP contribution is -2.36. The number of anilines is 2. The van der Waals surface area contributed by atoms with E-state index in [1.165, 1.54) is 11.8 Å². The number of H-pyrrole nitrogens is 1. The number of thioether (sulfide) groups is 1. The summed E-state index contributed by atoms with van der Waals surface area (Å²) < 4.78 is 0. The Kier molecular flexibility index (Phi) is 6.34. The van der Waals surface area contributed by atoms with Gasteiger partial charge < -0.3 is 15.6 Å². The third-order valence-corrected chi connectivity index (χ3v) is 6.50. The molecular weight excluding hydrogens is 448 g/mol. The maximum Gasteiger partial charge on any atom is 0.257 e. The highest BCUT2D eigenvalue weighted by Crippen LogP contribution is 2.32. The van der Waals surface area contributed by atoms with Gasteiger partial charge in [-0.2, -0.15) is 0 Å². The van der Waals surface area contributed by atoms with Crippen molar-refractivity contribution >= 4 is 46.7 Å². The fourth-order valence-corrected chi connectivity index (χ4v) is 4.72. The Morgan fingerprint density at radius 1 is 1.22 bits per heavy atom. The van der Waals surface area contributed by atoms with Crippen LogP contribution in [0.1, 0.15) is 34.6 Å². The fourth-order valence-electron chi connectivity index (χ4n) is 3.58. The summed E-state index contributed by atoms with van der Waals surface area (Å²) in [5.41, 5.74) is 3.23. The zero-order valence-electron chi connectivity index (χ0n) is 17.5. The predicted octanol–water partition coefficient (Wildman–Crippen LogP) is 4.40. The Hall–Kier alpha value is -3.10. The van der Waals surface area contributed by atoms with Gasteiger partial charge in [0.15, 0.2) is 5.16 Å². The van der Waals surface area contributed by atoms with Crippen LogP contribution >= 0.6 is 23.4 Å². The second-order valence-corrected chi connectivity index (χ2v) is 9.00. The zero-order chi connectivity index (χ0) is 22.8. The van der Waals surface area contributed by atoms with Gasteiger partial charge in [0, 0.05) is 22.9 Å². The number of carbonyl (C=O) groups is 2. The van der Waals surface area contributed by atoms with Crippen LogP contribution in [0.5, 0.6) is 0 Å². The first kappa shape index (κ1) is 22.1. The number of nitrogens with zero attached hydrogens (tertiary/aromatic N) is 1. The summed E-state index contributed by atoms with van der Waals surface area (Å²) in [6.07, 6.45) is -0.124. The monoisotopic (exact) mass is 468 g/mol. The highest BCUT2D eigenvalue weighted by molar-refractivity contribution is 7.98. The predicted molar refractivity (Wildman–Crippen MR) is 126 cm³/mol. The highest BCUT2D eigenvalue weighted by Gasteiger charge is 2.35. The fraction of sp³-hybridized carbons (Fsp3) is 0.217. The number of carbonyl (C=O) groups excluding carboxylic acids is 2. The lowest BCUT2D eigenvalue weighted by molar-refractivity contribution is -0.123. The van der Waals surface area contributed by atoms with Crippen molar-refractivity contribution in [1.29, 1.82) is 0 Å². The smallest absolute Gasteiger partial charge is 0.257 e. The minimum Gasteiger partial charge on any atom is -0.325 e. The van der Waals surface area contributed by atoms with Crippen LogP contribution < -0.4 is 16.2 Å². The van der Waals surface area contributed by atoms with Crippen LogP contribution in [0.25, 0.3) is 0 Å². The minimum absolute atomic E-state index is 0.118. The Morgan fingerprint density at radius 2 is 2.00 bits per heavy atom. The molecule has 3 N–H and O–H groups in total. The van der Waals surface area contributed by atoms with Gasteiger partial charge in [0.2, 0.25) is 11.8 Å². The van der Waals surface area contributed by atoms with Crippen molar-refractivity contribution in [3.63, 3.8) is 0 Å². The number of aromatic amines is 1. The number of hydrogen-bond donors (Lipinski definition) is 3. The van der Waals surface area contributed by atoms with Crippen molar-refractivity contribution in [1.82, 2.24) is 9.97 Å². The molecule has 1 aliphatic rings. The number of amides is 2. The average Bonchev–Trinajstić information content (AvgIpc) is 2.74. The van der Waals surface area contributed by atoms with Crippen molar-refractivity contribution in [2.45, 2.75) is 37.1 Å². The van der Waals surface area contributed by atoms with Crippen LogP contribution in [0.2, 0.25) is 5.02 Å². The molecule has 1 aromatic heterocycles. The molecule has 0 unspecified atom stereocenters. The van der Waals surface area contributed by atoms with Crippen LogP contribution in [-0.4, -0.2) is 21.8 Å². The summed E-state index contributed by atoms with van der Waals surface area (Å²) in [5, 5.41) is 6.43. The Bertz CT molecular complexity index is 1270. The number of hydrogen-bond acceptors (Lipinski definition) is 5. The molecule has 7 nitrogen and oxygen atoms in total. The van der Waals surface area contributed by atoms with Crippen molar-refractivity contribution in [3.05, 3.63) is 80.1 Å². The van der Waals surface area contributed by atoms with Crippen molar-refractivity contribution < 1.29 is 9.59 Å². The third kappa shape index (κ3) is 4.71. The minimum atomic E-state index is -0.932. The first-order valence-corrected chi connectivity index (χ1v) is 11.4. The maximum atomic E-state index is 13.0. The van der Waals surface area contributed by atoms with E-state index in [1.807, 2.05) is 50.2 Å². The molecule has 0 spiro atoms. The first-order chi connectivity index (χ1) is 15.3. The van der Waals surface area contributed by atoms with E-state index in [9.17, 15) is 14.4 Å². The molecule has 3 aromatic rings. The molecule has 32 heavy (non-hydrogen) atoms. The van der Waals surface area contributed by atoms with E-state index in [4.69, 9.17) is 11.6 Å². The van der Waals surface area contributed by atoms with E-state index in [-0.39, 0.29) is 23.7 Å². The Balaban J connectivity index is 1.59. The lowest BCUT2D eigenvalue weighted by atomic mass is 9.92. The van der Waals surface area contributed by atoms with Gasteiger partial charge in [0.1, 0.15) is 5.82 Å². The molecule has 4 rings (SSSR count). The van der Waals surface area contributed by atoms with E-state index in [2.05, 4.69) is 20.6 Å². The molecule has 2 heterocycles. The number of rotatable bonds is 5. The SMILES string of the molecule is Cc1ccc(NC(=O)[C@@H]2CC(=O)Nc3nc(SCc4ccccc4Cl)[nH]c(=O)c32)c(C)c1. The van der Waals surface area contributed by atoms with Gasteiger partial charge in [-0.1, -0.05) is 59.3 Å². The van der Waals surface area contributed by atoms with E-state index < -0.39 is 17.4 Å². The van der Waals surface area contributed by atoms with E-state index in [1.54, 1.807) is 6.07 Å². The molecule has 0 radical (unpaired) electrons. The number of aromatic nitrogens is 2. The number of nitrogens with one attached hydrogen (secondary N) is 3. The second kappa shape index (κ2) is 9.18. The van der Waals surface area contributed by atoms with Gasteiger partial charge in [0.25, 0.3) is 5.56 Å². The van der Waals surface area contributed by atoms with Gasteiger partial charge >= 0.3 is 0 Å². The topological polar surface area (TPSA) is 104 Å². The summed E-state index contributed by atoms with van der Waals surface area (Å²) >= 11 is 7.48. The lowest BCUT2D eigenvalue weighted by Gasteiger charge is -2.24. The molecule has 1 aliphatic heterocycles. The van der Waals surface area contributed by atoms with Crippen molar-refractivity contribution in [3.8, 4) is 0 Å². The van der Waals surface area contributed by atoms with Crippen molar-refractivity contribution in [2.24, 2.45) is 0 Å². The summed E-state index contributed by atoms with van der Waals surface area (Å²) in [5.74, 6) is -1.10. The van der Waals surface area contributed by atoms with E-state index in [0.717, 1.165) is 16.7 Å². The quantitative estimate of drug-likeness (QED) is 0.380. The van der Waals surface area contributed by atoms with Crippen molar-refractivity contribution in [2.75, 3.05) is 10.6 Å². The molecule has 2 aromatic carbocycles. The molecule has 164 valence electrons. The molecule has 0 bridgehead atoms. The first-order valence-electron chi connectivity index (χ1n) is 10.00. The normalized spacial score (nSPS) is 15.1. The molecular formula is C23H21ClN4O3S. The van der Waals surface area contributed by atoms with E-state index in [0.29, 0.717) is 21.6 Å². The second-order valence-electron chi connectivity index (χ2n) is 7.63. The number of aryl methyl sites for hydroxylation is 2. The average molecular weight is 469 g/mol. The summed E-state index contributed by atoms with van der Waals surface area (Å²) in [7, 11) is 0. The Labute approximate surface area is 194 Å². The van der Waals surface area contributed by atoms with Gasteiger partial charge in [-0.25, -0.2) is 4.98 Å². The molecule has 9 heteroatoms. The number of fused-ring (bicyclic) bond motifs is 1. The number of benzene rings is 2.